The number of nitrogens with zero attached hydrogens (tertiary/aromatic N) is 2. The highest BCUT2D eigenvalue weighted by Crippen LogP contribution is 2.25. The van der Waals surface area contributed by atoms with Gasteiger partial charge in [0.25, 0.3) is 0 Å². The first-order chi connectivity index (χ1) is 11.4. The number of aromatic carboxylic acids is 1. The quantitative estimate of drug-likeness (QED) is 0.787. The highest BCUT2D eigenvalue weighted by Gasteiger charge is 2.17. The van der Waals surface area contributed by atoms with Gasteiger partial charge in [0.15, 0.2) is 0 Å². The van der Waals surface area contributed by atoms with E-state index in [1.807, 2.05) is 13.8 Å². The fourth-order valence-electron chi connectivity index (χ4n) is 3.29. The van der Waals surface area contributed by atoms with Gasteiger partial charge >= 0.3 is 5.97 Å². The van der Waals surface area contributed by atoms with Crippen LogP contribution in [0.25, 0.3) is 10.9 Å². The third-order valence-electron chi connectivity index (χ3n) is 4.41. The first-order valence-corrected chi connectivity index (χ1v) is 7.74. The van der Waals surface area contributed by atoms with E-state index >= 15 is 0 Å². The monoisotopic (exact) mass is 318 g/mol. The SMILES string of the molecule is Cc1cc(C)c(Cn2c(C(=O)O)cc3ccc(C#N)cc32)c(C)c1. The average Bonchev–Trinajstić information content (AvgIpc) is 2.88. The van der Waals surface area contributed by atoms with Crippen LogP contribution in [0.5, 0.6) is 0 Å². The molecule has 2 aromatic carbocycles. The molecule has 4 heteroatoms. The molecule has 0 aliphatic carbocycles. The molecule has 1 N–H and O–H groups in total. The average molecular weight is 318 g/mol. The van der Waals surface area contributed by atoms with Crippen molar-refractivity contribution in [3.05, 3.63) is 69.9 Å². The molecule has 0 saturated heterocycles. The molecule has 0 spiro atoms. The molecule has 120 valence electrons. The number of hydrogen-bond acceptors (Lipinski definition) is 2. The summed E-state index contributed by atoms with van der Waals surface area (Å²) in [7, 11) is 0. The van der Waals surface area contributed by atoms with Gasteiger partial charge in [0.2, 0.25) is 0 Å². The van der Waals surface area contributed by atoms with E-state index in [1.54, 1.807) is 28.8 Å². The standard InChI is InChI=1S/C20H18N2O2/c1-12-6-13(2)17(14(3)7-12)11-22-18-8-15(10-21)4-5-16(18)9-19(22)20(23)24/h4-9H,11H2,1-3H3,(H,23,24). The van der Waals surface area contributed by atoms with Crippen LogP contribution in [0, 0.1) is 32.1 Å². The Balaban J connectivity index is 2.23. The first kappa shape index (κ1) is 15.8. The summed E-state index contributed by atoms with van der Waals surface area (Å²) in [5.74, 6) is -0.966. The predicted octanol–water partition coefficient (Wildman–Crippen LogP) is 4.18. The van der Waals surface area contributed by atoms with Gasteiger partial charge in [-0.3, -0.25) is 0 Å². The molecule has 0 saturated carbocycles. The number of carboxylic acids is 1. The number of carboxylic acid groups (broad SMARTS) is 1. The third kappa shape index (κ3) is 2.65. The van der Waals surface area contributed by atoms with E-state index in [9.17, 15) is 9.90 Å². The Bertz CT molecular complexity index is 983. The van der Waals surface area contributed by atoms with Gasteiger partial charge in [-0.1, -0.05) is 23.8 Å². The van der Waals surface area contributed by atoms with Crippen molar-refractivity contribution in [2.45, 2.75) is 27.3 Å². The zero-order valence-corrected chi connectivity index (χ0v) is 13.9. The van der Waals surface area contributed by atoms with E-state index in [4.69, 9.17) is 5.26 Å². The van der Waals surface area contributed by atoms with Crippen LogP contribution < -0.4 is 0 Å². The lowest BCUT2D eigenvalue weighted by molar-refractivity contribution is 0.0686. The minimum Gasteiger partial charge on any atom is -0.477 e. The van der Waals surface area contributed by atoms with Crippen LogP contribution in [0.15, 0.2) is 36.4 Å². The van der Waals surface area contributed by atoms with Gasteiger partial charge < -0.3 is 9.67 Å². The Kier molecular flexibility index (Phi) is 3.86. The van der Waals surface area contributed by atoms with Crippen LogP contribution >= 0.6 is 0 Å². The molecule has 3 rings (SSSR count). The van der Waals surface area contributed by atoms with Gasteiger partial charge in [-0.05, 0) is 55.7 Å². The number of carbonyl (C=O) groups is 1. The molecular weight excluding hydrogens is 300 g/mol. The van der Waals surface area contributed by atoms with Crippen molar-refractivity contribution in [1.82, 2.24) is 4.57 Å². The first-order valence-electron chi connectivity index (χ1n) is 7.74. The minimum atomic E-state index is -0.966. The summed E-state index contributed by atoms with van der Waals surface area (Å²) in [6.07, 6.45) is 0. The van der Waals surface area contributed by atoms with E-state index in [-0.39, 0.29) is 5.69 Å². The van der Waals surface area contributed by atoms with Crippen molar-refractivity contribution in [3.8, 4) is 6.07 Å². The van der Waals surface area contributed by atoms with Crippen LogP contribution in [-0.2, 0) is 6.54 Å². The number of rotatable bonds is 3. The predicted molar refractivity (Wildman–Crippen MR) is 93.4 cm³/mol. The maximum Gasteiger partial charge on any atom is 0.352 e. The Morgan fingerprint density at radius 3 is 2.38 bits per heavy atom. The van der Waals surface area contributed by atoms with Crippen LogP contribution in [0.2, 0.25) is 0 Å². The smallest absolute Gasteiger partial charge is 0.352 e. The normalized spacial score (nSPS) is 10.8. The molecule has 0 fully saturated rings. The van der Waals surface area contributed by atoms with Gasteiger partial charge in [-0.25, -0.2) is 4.79 Å². The lowest BCUT2D eigenvalue weighted by Crippen LogP contribution is -2.11. The lowest BCUT2D eigenvalue weighted by Gasteiger charge is -2.15. The van der Waals surface area contributed by atoms with Crippen molar-refractivity contribution in [2.75, 3.05) is 0 Å². The van der Waals surface area contributed by atoms with E-state index in [0.717, 1.165) is 27.6 Å². The molecule has 0 amide bonds. The summed E-state index contributed by atoms with van der Waals surface area (Å²) in [6, 6.07) is 13.3. The molecule has 0 unspecified atom stereocenters. The number of hydrogen-bond donors (Lipinski definition) is 1. The number of aryl methyl sites for hydroxylation is 3. The highest BCUT2D eigenvalue weighted by atomic mass is 16.4. The number of nitriles is 1. The molecular formula is C20H18N2O2. The summed E-state index contributed by atoms with van der Waals surface area (Å²) in [5, 5.41) is 19.5. The largest absolute Gasteiger partial charge is 0.477 e. The fourth-order valence-corrected chi connectivity index (χ4v) is 3.29. The van der Waals surface area contributed by atoms with Crippen LogP contribution in [0.4, 0.5) is 0 Å². The molecule has 4 nitrogen and oxygen atoms in total. The Labute approximate surface area is 140 Å². The summed E-state index contributed by atoms with van der Waals surface area (Å²) in [4.78, 5) is 11.7. The highest BCUT2D eigenvalue weighted by molar-refractivity contribution is 5.95. The van der Waals surface area contributed by atoms with E-state index < -0.39 is 5.97 Å². The van der Waals surface area contributed by atoms with Crippen molar-refractivity contribution in [1.29, 1.82) is 5.26 Å². The second-order valence-electron chi connectivity index (χ2n) is 6.18. The summed E-state index contributed by atoms with van der Waals surface area (Å²) >= 11 is 0. The number of aromatic nitrogens is 1. The number of benzene rings is 2. The molecule has 24 heavy (non-hydrogen) atoms. The molecule has 1 heterocycles. The van der Waals surface area contributed by atoms with Gasteiger partial charge in [0.1, 0.15) is 5.69 Å². The van der Waals surface area contributed by atoms with Crippen LogP contribution in [0.3, 0.4) is 0 Å². The summed E-state index contributed by atoms with van der Waals surface area (Å²) in [6.45, 7) is 6.61. The molecule has 0 atom stereocenters. The molecule has 0 aliphatic rings. The van der Waals surface area contributed by atoms with E-state index in [1.165, 1.54) is 5.56 Å². The minimum absolute atomic E-state index is 0.236. The van der Waals surface area contributed by atoms with Gasteiger partial charge in [-0.15, -0.1) is 0 Å². The molecule has 1 aromatic heterocycles. The molecule has 0 radical (unpaired) electrons. The zero-order valence-electron chi connectivity index (χ0n) is 13.9. The van der Waals surface area contributed by atoms with Crippen molar-refractivity contribution < 1.29 is 9.90 Å². The van der Waals surface area contributed by atoms with Gasteiger partial charge in [0, 0.05) is 11.9 Å². The topological polar surface area (TPSA) is 66.0 Å². The van der Waals surface area contributed by atoms with Gasteiger partial charge in [0.05, 0.1) is 17.1 Å². The van der Waals surface area contributed by atoms with Crippen molar-refractivity contribution in [3.63, 3.8) is 0 Å². The number of fused-ring (bicyclic) bond motifs is 1. The Hall–Kier alpha value is -3.06. The fraction of sp³-hybridized carbons (Fsp3) is 0.200. The van der Waals surface area contributed by atoms with Crippen LogP contribution in [-0.4, -0.2) is 15.6 Å². The van der Waals surface area contributed by atoms with Crippen molar-refractivity contribution in [2.24, 2.45) is 0 Å². The lowest BCUT2D eigenvalue weighted by atomic mass is 9.99. The second kappa shape index (κ2) is 5.86. The molecule has 0 bridgehead atoms. The van der Waals surface area contributed by atoms with E-state index in [2.05, 4.69) is 25.1 Å². The Morgan fingerprint density at radius 1 is 1.12 bits per heavy atom. The maximum absolute atomic E-state index is 11.7. The van der Waals surface area contributed by atoms with Crippen LogP contribution in [0.1, 0.15) is 38.3 Å². The van der Waals surface area contributed by atoms with E-state index in [0.29, 0.717) is 12.1 Å². The van der Waals surface area contributed by atoms with Crippen molar-refractivity contribution >= 4 is 16.9 Å². The zero-order chi connectivity index (χ0) is 17.4. The third-order valence-corrected chi connectivity index (χ3v) is 4.41. The molecule has 0 aliphatic heterocycles. The van der Waals surface area contributed by atoms with Gasteiger partial charge in [-0.2, -0.15) is 5.26 Å². The summed E-state index contributed by atoms with van der Waals surface area (Å²) < 4.78 is 1.78. The molecule has 3 aromatic rings. The Morgan fingerprint density at radius 2 is 1.79 bits per heavy atom. The second-order valence-corrected chi connectivity index (χ2v) is 6.18. The summed E-state index contributed by atoms with van der Waals surface area (Å²) in [5.41, 5.74) is 6.12. The maximum atomic E-state index is 11.7.